The number of thiophene rings is 1. The number of benzene rings is 1. The molecule has 12 heteroatoms. The second-order valence-electron chi connectivity index (χ2n) is 8.34. The van der Waals surface area contributed by atoms with Crippen LogP contribution in [0.4, 0.5) is 10.6 Å². The molecule has 1 aliphatic heterocycles. The number of rotatable bonds is 6. The number of aliphatic hydroxyl groups is 1. The molecule has 0 bridgehead atoms. The van der Waals surface area contributed by atoms with Gasteiger partial charge in [-0.1, -0.05) is 23.7 Å². The number of hydrogen-bond donors (Lipinski definition) is 3. The van der Waals surface area contributed by atoms with Gasteiger partial charge in [0.1, 0.15) is 24.3 Å². The van der Waals surface area contributed by atoms with Gasteiger partial charge in [-0.3, -0.25) is 5.32 Å². The Kier molecular flexibility index (Phi) is 7.16. The van der Waals surface area contributed by atoms with Crippen LogP contribution < -0.4 is 5.32 Å². The van der Waals surface area contributed by atoms with Crippen LogP contribution in [0.15, 0.2) is 48.9 Å². The number of amides is 1. The molecule has 0 aliphatic carbocycles. The van der Waals surface area contributed by atoms with E-state index in [9.17, 15) is 15.2 Å². The Bertz CT molecular complexity index is 1470. The first-order valence-corrected chi connectivity index (χ1v) is 12.6. The van der Waals surface area contributed by atoms with Gasteiger partial charge in [0.2, 0.25) is 0 Å². The Labute approximate surface area is 220 Å². The molecule has 1 aliphatic rings. The van der Waals surface area contributed by atoms with Crippen LogP contribution in [0.25, 0.3) is 21.1 Å². The number of ether oxygens (including phenoxy) is 1. The molecule has 4 aromatic rings. The largest absolute Gasteiger partial charge is 0.465 e. The molecule has 3 aromatic heterocycles. The lowest BCUT2D eigenvalue weighted by Crippen LogP contribution is -2.18. The third kappa shape index (κ3) is 5.19. The van der Waals surface area contributed by atoms with Crippen LogP contribution in [0.5, 0.6) is 0 Å². The topological polar surface area (TPSA) is 146 Å². The number of carboxylic acid groups (broad SMARTS) is 1. The highest BCUT2D eigenvalue weighted by atomic mass is 35.5. The second-order valence-corrected chi connectivity index (χ2v) is 9.80. The fourth-order valence-corrected chi connectivity index (χ4v) is 5.54. The number of pyridine rings is 1. The lowest BCUT2D eigenvalue weighted by molar-refractivity contribution is -0.0395. The van der Waals surface area contributed by atoms with Gasteiger partial charge in [0.05, 0.1) is 15.3 Å². The van der Waals surface area contributed by atoms with Crippen molar-refractivity contribution in [3.8, 4) is 27.2 Å². The molecular weight excluding hydrogens is 516 g/mol. The standard InChI is InChI=1S/C25H21ClN6O4S/c26-16-6-4-14(5-7-16)21(33)20-17(12-27)22(15-8-9-28-18(11-15)30-25(34)35)37-23(20)24-29-13-32(31-24)19-3-1-2-10-36-19/h4-9,11,13,19,21,33H,1-3,10H2,(H,28,30)(H,34,35). The molecule has 10 nitrogen and oxygen atoms in total. The summed E-state index contributed by atoms with van der Waals surface area (Å²) in [6, 6.07) is 12.1. The van der Waals surface area contributed by atoms with Crippen LogP contribution in [0.2, 0.25) is 5.02 Å². The zero-order valence-corrected chi connectivity index (χ0v) is 20.9. The highest BCUT2D eigenvalue weighted by molar-refractivity contribution is 7.19. The minimum atomic E-state index is -1.25. The van der Waals surface area contributed by atoms with Crippen molar-refractivity contribution < 1.29 is 19.7 Å². The average molecular weight is 537 g/mol. The number of nitrogens with zero attached hydrogens (tertiary/aromatic N) is 5. The molecule has 0 spiro atoms. The minimum absolute atomic E-state index is 0.112. The number of hydrogen-bond acceptors (Lipinski definition) is 8. The molecule has 2 unspecified atom stereocenters. The van der Waals surface area contributed by atoms with E-state index in [-0.39, 0.29) is 17.6 Å². The maximum absolute atomic E-state index is 11.4. The minimum Gasteiger partial charge on any atom is -0.465 e. The van der Waals surface area contributed by atoms with Gasteiger partial charge in [-0.05, 0) is 54.7 Å². The maximum atomic E-state index is 11.4. The van der Waals surface area contributed by atoms with Crippen LogP contribution in [-0.4, -0.2) is 42.7 Å². The molecule has 3 N–H and O–H groups in total. The highest BCUT2D eigenvalue weighted by Gasteiger charge is 2.29. The van der Waals surface area contributed by atoms with Crippen molar-refractivity contribution in [2.45, 2.75) is 31.6 Å². The third-order valence-corrected chi connectivity index (χ3v) is 7.44. The number of nitriles is 1. The van der Waals surface area contributed by atoms with Gasteiger partial charge in [-0.15, -0.1) is 16.4 Å². The van der Waals surface area contributed by atoms with E-state index in [1.807, 2.05) is 0 Å². The summed E-state index contributed by atoms with van der Waals surface area (Å²) in [6.07, 6.45) is 3.24. The Hall–Kier alpha value is -3.82. The first-order valence-electron chi connectivity index (χ1n) is 11.4. The number of aliphatic hydroxyl groups excluding tert-OH is 1. The summed E-state index contributed by atoms with van der Waals surface area (Å²) in [5.41, 5.74) is 1.70. The molecule has 188 valence electrons. The molecule has 1 amide bonds. The smallest absolute Gasteiger partial charge is 0.410 e. The summed E-state index contributed by atoms with van der Waals surface area (Å²) in [7, 11) is 0. The molecule has 1 aromatic carbocycles. The number of nitrogens with one attached hydrogen (secondary N) is 1. The summed E-state index contributed by atoms with van der Waals surface area (Å²) in [4.78, 5) is 20.7. The molecule has 37 heavy (non-hydrogen) atoms. The van der Waals surface area contributed by atoms with Gasteiger partial charge in [0.15, 0.2) is 12.1 Å². The first kappa shape index (κ1) is 24.9. The second kappa shape index (κ2) is 10.7. The summed E-state index contributed by atoms with van der Waals surface area (Å²) in [5.74, 6) is 0.461. The Morgan fingerprint density at radius 3 is 2.76 bits per heavy atom. The molecule has 2 atom stereocenters. The predicted molar refractivity (Wildman–Crippen MR) is 137 cm³/mol. The van der Waals surface area contributed by atoms with Gasteiger partial charge in [-0.25, -0.2) is 19.4 Å². The van der Waals surface area contributed by atoms with E-state index in [1.165, 1.54) is 23.6 Å². The van der Waals surface area contributed by atoms with Crippen molar-refractivity contribution in [3.63, 3.8) is 0 Å². The molecule has 0 saturated carbocycles. The molecule has 1 saturated heterocycles. The molecule has 5 rings (SSSR count). The van der Waals surface area contributed by atoms with E-state index < -0.39 is 12.2 Å². The maximum Gasteiger partial charge on any atom is 0.410 e. The van der Waals surface area contributed by atoms with E-state index >= 15 is 0 Å². The third-order valence-electron chi connectivity index (χ3n) is 5.94. The Morgan fingerprint density at radius 2 is 2.05 bits per heavy atom. The summed E-state index contributed by atoms with van der Waals surface area (Å²) >= 11 is 7.28. The van der Waals surface area contributed by atoms with Gasteiger partial charge >= 0.3 is 6.09 Å². The average Bonchev–Trinajstić information content (AvgIpc) is 3.54. The van der Waals surface area contributed by atoms with Crippen molar-refractivity contribution in [3.05, 3.63) is 70.6 Å². The van der Waals surface area contributed by atoms with Crippen molar-refractivity contribution in [1.82, 2.24) is 19.7 Å². The van der Waals surface area contributed by atoms with Gasteiger partial charge < -0.3 is 14.9 Å². The van der Waals surface area contributed by atoms with E-state index in [0.717, 1.165) is 19.3 Å². The SMILES string of the molecule is N#Cc1c(-c2ccnc(NC(=O)O)c2)sc(-c2ncn(C3CCCCO3)n2)c1C(O)c1ccc(Cl)cc1. The van der Waals surface area contributed by atoms with E-state index in [0.29, 0.717) is 43.9 Å². The van der Waals surface area contributed by atoms with Crippen LogP contribution in [0.1, 0.15) is 48.3 Å². The Morgan fingerprint density at radius 1 is 1.24 bits per heavy atom. The van der Waals surface area contributed by atoms with Crippen LogP contribution in [0, 0.1) is 11.3 Å². The highest BCUT2D eigenvalue weighted by Crippen LogP contribution is 2.45. The molecule has 4 heterocycles. The lowest BCUT2D eigenvalue weighted by Gasteiger charge is -2.22. The van der Waals surface area contributed by atoms with E-state index in [4.69, 9.17) is 21.4 Å². The van der Waals surface area contributed by atoms with Crippen molar-refractivity contribution in [1.29, 1.82) is 5.26 Å². The zero-order chi connectivity index (χ0) is 25.9. The summed E-state index contributed by atoms with van der Waals surface area (Å²) < 4.78 is 7.49. The zero-order valence-electron chi connectivity index (χ0n) is 19.3. The molecular formula is C25H21ClN6O4S. The van der Waals surface area contributed by atoms with Crippen molar-refractivity contribution in [2.75, 3.05) is 11.9 Å². The number of carbonyl (C=O) groups is 1. The summed E-state index contributed by atoms with van der Waals surface area (Å²) in [5, 5.41) is 38.1. The number of anilines is 1. The van der Waals surface area contributed by atoms with Crippen LogP contribution in [0.3, 0.4) is 0 Å². The molecule has 1 fully saturated rings. The summed E-state index contributed by atoms with van der Waals surface area (Å²) in [6.45, 7) is 0.650. The lowest BCUT2D eigenvalue weighted by atomic mass is 9.96. The van der Waals surface area contributed by atoms with Gasteiger partial charge in [0, 0.05) is 23.4 Å². The number of halogens is 1. The number of aromatic nitrogens is 4. The van der Waals surface area contributed by atoms with Gasteiger partial charge in [0.25, 0.3) is 0 Å². The first-order chi connectivity index (χ1) is 17.9. The Balaban J connectivity index is 1.65. The van der Waals surface area contributed by atoms with E-state index in [2.05, 4.69) is 26.5 Å². The molecule has 0 radical (unpaired) electrons. The van der Waals surface area contributed by atoms with Crippen molar-refractivity contribution in [2.24, 2.45) is 0 Å². The van der Waals surface area contributed by atoms with Crippen LogP contribution in [-0.2, 0) is 4.74 Å². The quantitative estimate of drug-likeness (QED) is 0.294. The van der Waals surface area contributed by atoms with Gasteiger partial charge in [-0.2, -0.15) is 5.26 Å². The monoisotopic (exact) mass is 536 g/mol. The van der Waals surface area contributed by atoms with E-state index in [1.54, 1.807) is 41.3 Å². The predicted octanol–water partition coefficient (Wildman–Crippen LogP) is 5.46. The van der Waals surface area contributed by atoms with Crippen molar-refractivity contribution >= 4 is 34.8 Å². The normalized spacial score (nSPS) is 16.2. The van der Waals surface area contributed by atoms with Crippen LogP contribution >= 0.6 is 22.9 Å². The fraction of sp³-hybridized carbons (Fsp3) is 0.240. The fourth-order valence-electron chi connectivity index (χ4n) is 4.20.